The molecular weight excluding hydrogens is 204 g/mol. The fourth-order valence-corrected chi connectivity index (χ4v) is 2.41. The molecule has 0 aromatic heterocycles. The Labute approximate surface area is 74.1 Å². The molecule has 0 aliphatic carbocycles. The molecule has 49 valence electrons. The minimum absolute atomic E-state index is 0.107. The summed E-state index contributed by atoms with van der Waals surface area (Å²) in [4.78, 5) is 0. The fourth-order valence-electron chi connectivity index (χ4n) is 0.795. The molecule has 0 radical (unpaired) electrons. The monoisotopic (exact) mass is 207 g/mol. The molecule has 0 bridgehead atoms. The summed E-state index contributed by atoms with van der Waals surface area (Å²) in [6, 6.07) is 3.31. The average Bonchev–Trinajstić information content (AvgIpc) is 1.82. The van der Waals surface area contributed by atoms with E-state index in [1.165, 1.54) is 0 Å². The van der Waals surface area contributed by atoms with Gasteiger partial charge in [-0.25, -0.2) is 0 Å². The standard InChI is InChI=1S/C7H5ClF.Zn/c1-5-4-6(8)2-3-7(5)9;/h2,4H,1H3;. The molecular formula is C7H5ClFZn. The van der Waals surface area contributed by atoms with E-state index >= 15 is 0 Å². The molecule has 0 spiro atoms. The van der Waals surface area contributed by atoms with Crippen LogP contribution < -0.4 is 4.16 Å². The van der Waals surface area contributed by atoms with E-state index in [9.17, 15) is 4.39 Å². The molecule has 0 fully saturated rings. The molecule has 0 saturated carbocycles. The summed E-state index contributed by atoms with van der Waals surface area (Å²) < 4.78 is 13.6. The number of halogens is 2. The molecule has 0 saturated heterocycles. The second kappa shape index (κ2) is 2.98. The Morgan fingerprint density at radius 1 is 1.50 bits per heavy atom. The number of hydrogen-bond donors (Lipinski definition) is 0. The van der Waals surface area contributed by atoms with E-state index in [2.05, 4.69) is 0 Å². The maximum atomic E-state index is 12.9. The van der Waals surface area contributed by atoms with Crippen LogP contribution in [0.25, 0.3) is 0 Å². The molecule has 0 heterocycles. The third kappa shape index (κ3) is 1.56. The second-order valence-corrected chi connectivity index (χ2v) is 4.23. The Hall–Kier alpha value is 0.0634. The van der Waals surface area contributed by atoms with Crippen LogP contribution in [0, 0.1) is 12.7 Å². The van der Waals surface area contributed by atoms with E-state index in [-0.39, 0.29) is 5.82 Å². The summed E-state index contributed by atoms with van der Waals surface area (Å²) >= 11 is 6.49. The Morgan fingerprint density at radius 2 is 2.10 bits per heavy atom. The van der Waals surface area contributed by atoms with Crippen LogP contribution in [0.4, 0.5) is 4.39 Å². The van der Waals surface area contributed by atoms with Crippen molar-refractivity contribution in [2.45, 2.75) is 6.92 Å². The summed E-state index contributed by atoms with van der Waals surface area (Å²) in [5, 5.41) is 0.625. The van der Waals surface area contributed by atoms with Gasteiger partial charge in [0.1, 0.15) is 0 Å². The molecule has 0 atom stereocenters. The van der Waals surface area contributed by atoms with Crippen LogP contribution in [0.2, 0.25) is 5.02 Å². The fraction of sp³-hybridized carbons (Fsp3) is 0.143. The second-order valence-electron chi connectivity index (χ2n) is 2.20. The Balaban J connectivity index is 3.31. The third-order valence-electron chi connectivity index (χ3n) is 1.29. The summed E-state index contributed by atoms with van der Waals surface area (Å²) in [5.74, 6) is -0.107. The van der Waals surface area contributed by atoms with E-state index in [1.54, 1.807) is 19.1 Å². The normalized spacial score (nSPS) is 10.1. The molecule has 0 amide bonds. The predicted octanol–water partition coefficient (Wildman–Crippen LogP) is 1.96. The van der Waals surface area contributed by atoms with Crippen molar-refractivity contribution in [3.05, 3.63) is 28.5 Å². The quantitative estimate of drug-likeness (QED) is 0.573. The maximum absolute atomic E-state index is 12.9. The Kier molecular flexibility index (Phi) is 2.43. The van der Waals surface area contributed by atoms with Crippen molar-refractivity contribution >= 4 is 15.8 Å². The van der Waals surface area contributed by atoms with Gasteiger partial charge in [0.05, 0.1) is 0 Å². The van der Waals surface area contributed by atoms with Gasteiger partial charge in [-0.2, -0.15) is 0 Å². The van der Waals surface area contributed by atoms with Crippen LogP contribution in [0.1, 0.15) is 5.56 Å². The topological polar surface area (TPSA) is 0 Å². The average molecular weight is 209 g/mol. The van der Waals surface area contributed by atoms with Gasteiger partial charge in [0.25, 0.3) is 0 Å². The number of rotatable bonds is 0. The first-order chi connectivity index (χ1) is 4.61. The van der Waals surface area contributed by atoms with Gasteiger partial charge in [-0.1, -0.05) is 0 Å². The summed E-state index contributed by atoms with van der Waals surface area (Å²) in [7, 11) is 0. The summed E-state index contributed by atoms with van der Waals surface area (Å²) in [6.07, 6.45) is 0. The molecule has 1 rings (SSSR count). The molecule has 10 heavy (non-hydrogen) atoms. The first kappa shape index (κ1) is 8.16. The van der Waals surface area contributed by atoms with Gasteiger partial charge in [0, 0.05) is 0 Å². The molecule has 0 nitrogen and oxygen atoms in total. The summed E-state index contributed by atoms with van der Waals surface area (Å²) in [6.45, 7) is 1.72. The van der Waals surface area contributed by atoms with Gasteiger partial charge in [0.15, 0.2) is 0 Å². The SMILES string of the molecule is Cc1cc(Cl)c[c]([Zn])c1F. The zero-order valence-corrected chi connectivity index (χ0v) is 9.34. The van der Waals surface area contributed by atoms with Crippen molar-refractivity contribution in [3.8, 4) is 0 Å². The van der Waals surface area contributed by atoms with E-state index < -0.39 is 0 Å². The molecule has 0 N–H and O–H groups in total. The zero-order valence-electron chi connectivity index (χ0n) is 5.62. The Bertz CT molecular complexity index is 237. The van der Waals surface area contributed by atoms with Crippen molar-refractivity contribution < 1.29 is 22.7 Å². The van der Waals surface area contributed by atoms with Crippen molar-refractivity contribution in [2.24, 2.45) is 0 Å². The van der Waals surface area contributed by atoms with E-state index in [0.717, 1.165) is 22.5 Å². The molecule has 0 aliphatic heterocycles. The Morgan fingerprint density at radius 3 is 2.60 bits per heavy atom. The van der Waals surface area contributed by atoms with Crippen LogP contribution in [-0.2, 0) is 18.3 Å². The molecule has 1 aromatic carbocycles. The van der Waals surface area contributed by atoms with E-state index in [1.807, 2.05) is 0 Å². The van der Waals surface area contributed by atoms with Gasteiger partial charge < -0.3 is 0 Å². The number of hydrogen-bond acceptors (Lipinski definition) is 0. The molecule has 1 aromatic rings. The van der Waals surface area contributed by atoms with Crippen molar-refractivity contribution in [1.82, 2.24) is 0 Å². The van der Waals surface area contributed by atoms with Crippen LogP contribution >= 0.6 is 11.6 Å². The van der Waals surface area contributed by atoms with E-state index in [4.69, 9.17) is 11.6 Å². The minimum atomic E-state index is -0.107. The first-order valence-corrected chi connectivity index (χ1v) is 4.75. The van der Waals surface area contributed by atoms with Gasteiger partial charge >= 0.3 is 73.9 Å². The van der Waals surface area contributed by atoms with Gasteiger partial charge in [-0.15, -0.1) is 0 Å². The van der Waals surface area contributed by atoms with Crippen LogP contribution in [0.3, 0.4) is 0 Å². The van der Waals surface area contributed by atoms with Crippen LogP contribution in [-0.4, -0.2) is 0 Å². The first-order valence-electron chi connectivity index (χ1n) is 2.89. The molecule has 0 unspecified atom stereocenters. The predicted molar refractivity (Wildman–Crippen MR) is 35.8 cm³/mol. The van der Waals surface area contributed by atoms with Crippen molar-refractivity contribution in [1.29, 1.82) is 0 Å². The zero-order chi connectivity index (χ0) is 7.72. The number of benzene rings is 1. The van der Waals surface area contributed by atoms with Gasteiger partial charge in [0.2, 0.25) is 0 Å². The van der Waals surface area contributed by atoms with Crippen LogP contribution in [0.15, 0.2) is 12.1 Å². The third-order valence-corrected chi connectivity index (χ3v) is 2.59. The van der Waals surface area contributed by atoms with Crippen molar-refractivity contribution in [3.63, 3.8) is 0 Å². The van der Waals surface area contributed by atoms with Crippen LogP contribution in [0.5, 0.6) is 0 Å². The number of aryl methyl sites for hydroxylation is 1. The molecule has 3 heteroatoms. The van der Waals surface area contributed by atoms with Gasteiger partial charge in [-0.3, -0.25) is 0 Å². The summed E-state index contributed by atoms with van der Waals surface area (Å²) in [5.41, 5.74) is 0.633. The van der Waals surface area contributed by atoms with Crippen molar-refractivity contribution in [2.75, 3.05) is 0 Å². The van der Waals surface area contributed by atoms with E-state index in [0.29, 0.717) is 10.6 Å². The van der Waals surface area contributed by atoms with Gasteiger partial charge in [-0.05, 0) is 0 Å². The molecule has 0 aliphatic rings.